The van der Waals surface area contributed by atoms with Gasteiger partial charge in [0, 0.05) is 12.5 Å². The highest BCUT2D eigenvalue weighted by atomic mass is 16.1. The van der Waals surface area contributed by atoms with Crippen LogP contribution in [0.5, 0.6) is 0 Å². The van der Waals surface area contributed by atoms with E-state index in [1.54, 1.807) is 0 Å². The molecule has 4 fully saturated rings. The van der Waals surface area contributed by atoms with Crippen LogP contribution in [0.4, 0.5) is 0 Å². The second kappa shape index (κ2) is 7.95. The number of amides is 1. The molecule has 4 saturated carbocycles. The Bertz CT molecular complexity index is 571. The molecule has 4 rings (SSSR count). The second-order valence-electron chi connectivity index (χ2n) is 11.8. The Kier molecular flexibility index (Phi) is 5.89. The monoisotopic (exact) mass is 387 g/mol. The van der Waals surface area contributed by atoms with Gasteiger partial charge in [0.2, 0.25) is 5.91 Å². The van der Waals surface area contributed by atoms with Crippen LogP contribution in [0.3, 0.4) is 0 Å². The van der Waals surface area contributed by atoms with Gasteiger partial charge in [-0.3, -0.25) is 4.79 Å². The third-order valence-electron chi connectivity index (χ3n) is 10.2. The summed E-state index contributed by atoms with van der Waals surface area (Å²) < 4.78 is 0. The first-order valence-corrected chi connectivity index (χ1v) is 12.6. The molecule has 0 heterocycles. The highest BCUT2D eigenvalue weighted by Gasteiger charge is 2.59. The van der Waals surface area contributed by atoms with Gasteiger partial charge in [-0.2, -0.15) is 0 Å². The Morgan fingerprint density at radius 3 is 2.50 bits per heavy atom. The summed E-state index contributed by atoms with van der Waals surface area (Å²) in [4.78, 5) is 12.0. The third-order valence-corrected chi connectivity index (χ3v) is 10.2. The molecule has 1 N–H and O–H groups in total. The molecule has 160 valence electrons. The van der Waals surface area contributed by atoms with Gasteiger partial charge in [0.15, 0.2) is 0 Å². The molecule has 1 amide bonds. The molecule has 0 aromatic heterocycles. The molecule has 0 aliphatic heterocycles. The van der Waals surface area contributed by atoms with Crippen molar-refractivity contribution < 1.29 is 4.79 Å². The minimum Gasteiger partial charge on any atom is -0.354 e. The van der Waals surface area contributed by atoms with Crippen molar-refractivity contribution in [3.8, 4) is 0 Å². The van der Waals surface area contributed by atoms with Crippen LogP contribution < -0.4 is 5.32 Å². The summed E-state index contributed by atoms with van der Waals surface area (Å²) in [5, 5.41) is 3.06. The van der Waals surface area contributed by atoms with Crippen LogP contribution in [0.2, 0.25) is 0 Å². The molecule has 0 bridgehead atoms. The van der Waals surface area contributed by atoms with Gasteiger partial charge in [0.25, 0.3) is 0 Å². The molecule has 0 radical (unpaired) electrons. The number of hydrogen-bond donors (Lipinski definition) is 1. The van der Waals surface area contributed by atoms with Crippen molar-refractivity contribution >= 4 is 5.91 Å². The topological polar surface area (TPSA) is 29.1 Å². The molecule has 0 saturated heterocycles. The summed E-state index contributed by atoms with van der Waals surface area (Å²) in [7, 11) is 0. The fraction of sp³-hybridized carbons (Fsp3) is 0.962. The maximum atomic E-state index is 12.0. The molecule has 4 aliphatic carbocycles. The fourth-order valence-electron chi connectivity index (χ4n) is 8.78. The minimum absolute atomic E-state index is 0.252. The first kappa shape index (κ1) is 20.7. The van der Waals surface area contributed by atoms with Gasteiger partial charge in [0.1, 0.15) is 0 Å². The first-order valence-electron chi connectivity index (χ1n) is 12.6. The van der Waals surface area contributed by atoms with Gasteiger partial charge in [-0.1, -0.05) is 26.7 Å². The van der Waals surface area contributed by atoms with Crippen LogP contribution in [0, 0.1) is 40.4 Å². The molecule has 28 heavy (non-hydrogen) atoms. The van der Waals surface area contributed by atoms with E-state index in [0.29, 0.717) is 10.8 Å². The highest BCUT2D eigenvalue weighted by molar-refractivity contribution is 5.76. The maximum absolute atomic E-state index is 12.0. The van der Waals surface area contributed by atoms with E-state index in [1.807, 2.05) is 0 Å². The van der Waals surface area contributed by atoms with Gasteiger partial charge < -0.3 is 5.32 Å². The zero-order valence-corrected chi connectivity index (χ0v) is 19.1. The highest BCUT2D eigenvalue weighted by Crippen LogP contribution is 2.67. The van der Waals surface area contributed by atoms with Crippen LogP contribution >= 0.6 is 0 Å². The predicted molar refractivity (Wildman–Crippen MR) is 117 cm³/mol. The molecule has 4 aliphatic rings. The van der Waals surface area contributed by atoms with Gasteiger partial charge in [-0.05, 0) is 118 Å². The smallest absolute Gasteiger partial charge is 0.220 e. The Morgan fingerprint density at radius 2 is 1.71 bits per heavy atom. The van der Waals surface area contributed by atoms with Crippen molar-refractivity contribution in [2.24, 2.45) is 40.4 Å². The van der Waals surface area contributed by atoms with Crippen LogP contribution in [0.15, 0.2) is 0 Å². The number of nitrogens with one attached hydrogen (secondary N) is 1. The van der Waals surface area contributed by atoms with Crippen LogP contribution in [0.25, 0.3) is 0 Å². The van der Waals surface area contributed by atoms with Gasteiger partial charge in [0.05, 0.1) is 0 Å². The molecule has 0 spiro atoms. The molecule has 7 atom stereocenters. The molecule has 2 heteroatoms. The van der Waals surface area contributed by atoms with Gasteiger partial charge in [-0.25, -0.2) is 0 Å². The number of carbonyl (C=O) groups excluding carboxylic acids is 1. The fourth-order valence-corrected chi connectivity index (χ4v) is 8.78. The predicted octanol–water partition coefficient (Wildman–Crippen LogP) is 6.73. The van der Waals surface area contributed by atoms with E-state index in [9.17, 15) is 4.79 Å². The number of hydrogen-bond acceptors (Lipinski definition) is 1. The standard InChI is InChI=1S/C26H45NO/c1-18(2)27-24(28)10-7-9-20-12-14-22-21-13-11-19-8-5-6-16-25(19,3)23(21)15-17-26(20,22)4/h18-23H,5-17H2,1-4H3,(H,27,28)/t19?,20-,21?,22?,23?,25-,26+/m0/s1. The molecular formula is C26H45NO. The first-order chi connectivity index (χ1) is 13.3. The normalized spacial score (nSPS) is 45.2. The van der Waals surface area contributed by atoms with Crippen molar-refractivity contribution in [2.45, 2.75) is 117 Å². The second-order valence-corrected chi connectivity index (χ2v) is 11.8. The lowest BCUT2D eigenvalue weighted by Gasteiger charge is -2.60. The van der Waals surface area contributed by atoms with E-state index in [2.05, 4.69) is 33.0 Å². The summed E-state index contributed by atoms with van der Waals surface area (Å²) >= 11 is 0. The van der Waals surface area contributed by atoms with E-state index in [4.69, 9.17) is 0 Å². The summed E-state index contributed by atoms with van der Waals surface area (Å²) in [6.45, 7) is 9.45. The Morgan fingerprint density at radius 1 is 0.929 bits per heavy atom. The Labute approximate surface area is 174 Å². The van der Waals surface area contributed by atoms with E-state index in [-0.39, 0.29) is 11.9 Å². The largest absolute Gasteiger partial charge is 0.354 e. The van der Waals surface area contributed by atoms with Gasteiger partial charge >= 0.3 is 0 Å². The van der Waals surface area contributed by atoms with Crippen LogP contribution in [-0.4, -0.2) is 11.9 Å². The molecule has 0 aromatic carbocycles. The number of carbonyl (C=O) groups is 1. The lowest BCUT2D eigenvalue weighted by Crippen LogP contribution is -2.52. The number of rotatable bonds is 5. The van der Waals surface area contributed by atoms with Crippen molar-refractivity contribution in [1.29, 1.82) is 0 Å². The number of fused-ring (bicyclic) bond motifs is 5. The molecule has 0 aromatic rings. The average molecular weight is 388 g/mol. The molecule has 2 nitrogen and oxygen atoms in total. The average Bonchev–Trinajstić information content (AvgIpc) is 2.97. The Balaban J connectivity index is 1.39. The van der Waals surface area contributed by atoms with Crippen molar-refractivity contribution in [2.75, 3.05) is 0 Å². The lowest BCUT2D eigenvalue weighted by atomic mass is 9.45. The van der Waals surface area contributed by atoms with E-state index in [1.165, 1.54) is 70.6 Å². The van der Waals surface area contributed by atoms with E-state index >= 15 is 0 Å². The molecular weight excluding hydrogens is 342 g/mol. The van der Waals surface area contributed by atoms with Crippen LogP contribution in [-0.2, 0) is 4.79 Å². The van der Waals surface area contributed by atoms with Crippen molar-refractivity contribution in [3.05, 3.63) is 0 Å². The third kappa shape index (κ3) is 3.56. The summed E-state index contributed by atoms with van der Waals surface area (Å²) in [6, 6.07) is 0.271. The summed E-state index contributed by atoms with van der Waals surface area (Å²) in [6.07, 6.45) is 18.0. The maximum Gasteiger partial charge on any atom is 0.220 e. The van der Waals surface area contributed by atoms with E-state index in [0.717, 1.165) is 42.4 Å². The van der Waals surface area contributed by atoms with E-state index < -0.39 is 0 Å². The molecule has 4 unspecified atom stereocenters. The zero-order valence-electron chi connectivity index (χ0n) is 19.1. The summed E-state index contributed by atoms with van der Waals surface area (Å²) in [5.74, 6) is 5.14. The van der Waals surface area contributed by atoms with Crippen LogP contribution in [0.1, 0.15) is 111 Å². The zero-order chi connectivity index (χ0) is 19.9. The van der Waals surface area contributed by atoms with Crippen molar-refractivity contribution in [1.82, 2.24) is 5.32 Å². The lowest BCUT2D eigenvalue weighted by molar-refractivity contribution is -0.122. The van der Waals surface area contributed by atoms with Gasteiger partial charge in [-0.15, -0.1) is 0 Å². The van der Waals surface area contributed by atoms with Crippen molar-refractivity contribution in [3.63, 3.8) is 0 Å². The summed E-state index contributed by atoms with van der Waals surface area (Å²) in [5.41, 5.74) is 1.23. The Hall–Kier alpha value is -0.530. The minimum atomic E-state index is 0.252. The SMILES string of the molecule is CC(C)NC(=O)CCC[C@H]1CCC2C3CCC4CCCC[C@]4(C)C3CC[C@@]21C. The quantitative estimate of drug-likeness (QED) is 0.556.